The number of hydrogen-bond donors (Lipinski definition) is 3. The van der Waals surface area contributed by atoms with Crippen molar-refractivity contribution in [3.05, 3.63) is 0 Å². The number of amidine groups is 1. The Morgan fingerprint density at radius 3 is 3.00 bits per heavy atom. The van der Waals surface area contributed by atoms with Gasteiger partial charge in [0.15, 0.2) is 0 Å². The molecule has 8 heavy (non-hydrogen) atoms. The number of hydrogen-bond acceptors (Lipinski definition) is 3. The van der Waals surface area contributed by atoms with Gasteiger partial charge >= 0.3 is 0 Å². The van der Waals surface area contributed by atoms with E-state index in [2.05, 4.69) is 10.5 Å². The molecule has 4 nitrogen and oxygen atoms in total. The van der Waals surface area contributed by atoms with Crippen LogP contribution in [0.4, 0.5) is 0 Å². The number of rotatable bonds is 1. The highest BCUT2D eigenvalue weighted by atomic mass is 15.3. The summed E-state index contributed by atoms with van der Waals surface area (Å²) < 4.78 is 0. The van der Waals surface area contributed by atoms with Crippen molar-refractivity contribution in [1.82, 2.24) is 5.43 Å². The van der Waals surface area contributed by atoms with Crippen LogP contribution in [0, 0.1) is 5.41 Å². The molecule has 4 N–H and O–H groups in total. The maximum atomic E-state index is 6.93. The van der Waals surface area contributed by atoms with Crippen molar-refractivity contribution < 1.29 is 0 Å². The third kappa shape index (κ3) is 0.776. The van der Waals surface area contributed by atoms with E-state index in [0.717, 1.165) is 6.42 Å². The first-order chi connectivity index (χ1) is 3.80. The largest absolute Gasteiger partial charge is 0.386 e. The van der Waals surface area contributed by atoms with Gasteiger partial charge in [0.1, 0.15) is 11.9 Å². The molecule has 0 radical (unpaired) electrons. The summed E-state index contributed by atoms with van der Waals surface area (Å²) in [4.78, 5) is 0. The van der Waals surface area contributed by atoms with Crippen LogP contribution in [0.15, 0.2) is 5.10 Å². The highest BCUT2D eigenvalue weighted by Gasteiger charge is 2.11. The molecule has 0 aromatic rings. The summed E-state index contributed by atoms with van der Waals surface area (Å²) in [5, 5.41) is 10.6. The molecule has 4 heteroatoms. The topological polar surface area (TPSA) is 74.3 Å². The number of hydrazone groups is 1. The Balaban J connectivity index is 2.41. The molecule has 0 saturated heterocycles. The van der Waals surface area contributed by atoms with Crippen LogP contribution in [0.1, 0.15) is 6.42 Å². The van der Waals surface area contributed by atoms with Gasteiger partial charge in [0, 0.05) is 12.6 Å². The van der Waals surface area contributed by atoms with Crippen LogP contribution in [0.25, 0.3) is 0 Å². The zero-order valence-corrected chi connectivity index (χ0v) is 4.39. The van der Waals surface area contributed by atoms with Crippen molar-refractivity contribution in [3.8, 4) is 0 Å². The van der Waals surface area contributed by atoms with Crippen molar-refractivity contribution in [3.63, 3.8) is 0 Å². The molecule has 1 unspecified atom stereocenters. The van der Waals surface area contributed by atoms with E-state index in [1.807, 2.05) is 0 Å². The third-order valence-electron chi connectivity index (χ3n) is 1.04. The van der Waals surface area contributed by atoms with E-state index in [1.165, 1.54) is 0 Å². The summed E-state index contributed by atoms with van der Waals surface area (Å²) in [6.07, 6.45) is 2.46. The summed E-state index contributed by atoms with van der Waals surface area (Å²) >= 11 is 0. The molecule has 1 atom stereocenters. The lowest BCUT2D eigenvalue weighted by Gasteiger charge is -2.04. The zero-order valence-electron chi connectivity index (χ0n) is 4.39. The Morgan fingerprint density at radius 1 is 2.00 bits per heavy atom. The number of nitrogens with zero attached hydrogens (tertiary/aromatic N) is 1. The Morgan fingerprint density at radius 2 is 2.75 bits per heavy atom. The van der Waals surface area contributed by atoms with Gasteiger partial charge in [-0.05, 0) is 0 Å². The predicted molar refractivity (Wildman–Crippen MR) is 31.9 cm³/mol. The van der Waals surface area contributed by atoms with Gasteiger partial charge in [0.25, 0.3) is 0 Å². The average molecular weight is 112 g/mol. The minimum Gasteiger partial charge on any atom is -0.386 e. The van der Waals surface area contributed by atoms with Crippen LogP contribution >= 0.6 is 0 Å². The van der Waals surface area contributed by atoms with Crippen molar-refractivity contribution in [2.75, 3.05) is 0 Å². The normalized spacial score (nSPS) is 25.2. The lowest BCUT2D eigenvalue weighted by Crippen LogP contribution is -2.34. The quantitative estimate of drug-likeness (QED) is 0.309. The molecule has 0 amide bonds. The van der Waals surface area contributed by atoms with Gasteiger partial charge in [-0.25, -0.2) is 0 Å². The molecule has 0 fully saturated rings. The summed E-state index contributed by atoms with van der Waals surface area (Å²) in [5.74, 6) is 0.155. The molecule has 1 aliphatic rings. The van der Waals surface area contributed by atoms with E-state index in [4.69, 9.17) is 11.1 Å². The van der Waals surface area contributed by atoms with E-state index < -0.39 is 0 Å². The summed E-state index contributed by atoms with van der Waals surface area (Å²) in [6.45, 7) is 0. The second-order valence-electron chi connectivity index (χ2n) is 1.68. The molecule has 1 heterocycles. The van der Waals surface area contributed by atoms with E-state index in [0.29, 0.717) is 0 Å². The fourth-order valence-electron chi connectivity index (χ4n) is 0.550. The Kier molecular flexibility index (Phi) is 1.15. The molecular weight excluding hydrogens is 104 g/mol. The maximum Gasteiger partial charge on any atom is 0.116 e. The van der Waals surface area contributed by atoms with Gasteiger partial charge in [0.05, 0.1) is 0 Å². The van der Waals surface area contributed by atoms with Crippen LogP contribution in [0.5, 0.6) is 0 Å². The van der Waals surface area contributed by atoms with Crippen LogP contribution in [0.3, 0.4) is 0 Å². The fraction of sp³-hybridized carbons (Fsp3) is 0.500. The number of nitrogens with two attached hydrogens (primary N) is 1. The number of nitrogens with one attached hydrogen (secondary N) is 2. The van der Waals surface area contributed by atoms with Crippen molar-refractivity contribution >= 4 is 12.1 Å². The van der Waals surface area contributed by atoms with Crippen LogP contribution in [0.2, 0.25) is 0 Å². The van der Waals surface area contributed by atoms with Crippen molar-refractivity contribution in [2.24, 2.45) is 10.8 Å². The summed E-state index contributed by atoms with van der Waals surface area (Å²) in [6, 6.07) is -0.0463. The van der Waals surface area contributed by atoms with E-state index in [1.54, 1.807) is 6.21 Å². The van der Waals surface area contributed by atoms with Gasteiger partial charge < -0.3 is 5.73 Å². The van der Waals surface area contributed by atoms with Crippen molar-refractivity contribution in [1.29, 1.82) is 5.41 Å². The predicted octanol–water partition coefficient (Wildman–Crippen LogP) is -0.730. The van der Waals surface area contributed by atoms with E-state index >= 15 is 0 Å². The van der Waals surface area contributed by atoms with Gasteiger partial charge in [-0.3, -0.25) is 10.8 Å². The lowest BCUT2D eigenvalue weighted by atomic mass is 10.2. The Bertz CT molecular complexity index is 120. The average Bonchev–Trinajstić information content (AvgIpc) is 2.12. The molecule has 0 saturated carbocycles. The summed E-state index contributed by atoms with van der Waals surface area (Å²) in [7, 11) is 0. The highest BCUT2D eigenvalue weighted by molar-refractivity contribution is 5.86. The molecule has 0 bridgehead atoms. The fourth-order valence-corrected chi connectivity index (χ4v) is 0.550. The lowest BCUT2D eigenvalue weighted by molar-refractivity contribution is 0.714. The SMILES string of the molecule is N=C(N)C1CC=NN1. The third-order valence-corrected chi connectivity index (χ3v) is 1.04. The van der Waals surface area contributed by atoms with Gasteiger partial charge in [-0.2, -0.15) is 5.10 Å². The maximum absolute atomic E-state index is 6.93. The minimum absolute atomic E-state index is 0.0463. The second-order valence-corrected chi connectivity index (χ2v) is 1.68. The van der Waals surface area contributed by atoms with E-state index in [9.17, 15) is 0 Å². The highest BCUT2D eigenvalue weighted by Crippen LogP contribution is 1.93. The van der Waals surface area contributed by atoms with Crippen molar-refractivity contribution in [2.45, 2.75) is 12.5 Å². The Hall–Kier alpha value is -1.06. The van der Waals surface area contributed by atoms with Gasteiger partial charge in [-0.15, -0.1) is 0 Å². The molecule has 0 spiro atoms. The first-order valence-corrected chi connectivity index (χ1v) is 2.41. The molecular formula is C4H8N4. The van der Waals surface area contributed by atoms with Crippen LogP contribution in [-0.4, -0.2) is 18.1 Å². The van der Waals surface area contributed by atoms with Crippen LogP contribution < -0.4 is 11.2 Å². The van der Waals surface area contributed by atoms with Gasteiger partial charge in [0.2, 0.25) is 0 Å². The second kappa shape index (κ2) is 1.81. The van der Waals surface area contributed by atoms with Gasteiger partial charge in [-0.1, -0.05) is 0 Å². The Labute approximate surface area is 47.3 Å². The summed E-state index contributed by atoms with van der Waals surface area (Å²) in [5.41, 5.74) is 7.81. The molecule has 1 rings (SSSR count). The molecule has 0 aromatic heterocycles. The first-order valence-electron chi connectivity index (χ1n) is 2.41. The monoisotopic (exact) mass is 112 g/mol. The first kappa shape index (κ1) is 5.08. The van der Waals surface area contributed by atoms with Crippen LogP contribution in [-0.2, 0) is 0 Å². The van der Waals surface area contributed by atoms with E-state index in [-0.39, 0.29) is 11.9 Å². The molecule has 0 aromatic carbocycles. The standard InChI is InChI=1S/C4H8N4/c5-4(6)3-1-2-7-8-3/h2-3,8H,1H2,(H3,5,6). The molecule has 44 valence electrons. The zero-order chi connectivity index (χ0) is 5.98. The molecule has 1 aliphatic heterocycles. The smallest absolute Gasteiger partial charge is 0.116 e. The minimum atomic E-state index is -0.0463. The molecule has 0 aliphatic carbocycles.